The third kappa shape index (κ3) is 3.35. The van der Waals surface area contributed by atoms with E-state index >= 15 is 0 Å². The number of benzene rings is 1. The highest BCUT2D eigenvalue weighted by atomic mass is 35.5. The van der Waals surface area contributed by atoms with Crippen LogP contribution in [0.3, 0.4) is 0 Å². The van der Waals surface area contributed by atoms with Crippen molar-refractivity contribution in [1.82, 2.24) is 14.9 Å². The molecule has 3 aromatic rings. The highest BCUT2D eigenvalue weighted by Crippen LogP contribution is 2.35. The lowest BCUT2D eigenvalue weighted by Crippen LogP contribution is -1.99. The van der Waals surface area contributed by atoms with Crippen LogP contribution in [0.15, 0.2) is 34.7 Å². The summed E-state index contributed by atoms with van der Waals surface area (Å²) in [7, 11) is 1.46. The summed E-state index contributed by atoms with van der Waals surface area (Å²) in [5, 5.41) is 23.4. The number of aromatic amines is 1. The number of rotatable bonds is 5. The third-order valence-electron chi connectivity index (χ3n) is 3.27. The van der Waals surface area contributed by atoms with Crippen LogP contribution in [-0.2, 0) is 6.42 Å². The average molecular weight is 381 g/mol. The molecule has 2 aromatic heterocycles. The smallest absolute Gasteiger partial charge is 0.216 e. The number of methoxy groups -OCH3 is 1. The molecule has 0 saturated carbocycles. The quantitative estimate of drug-likeness (QED) is 0.521. The molecule has 0 amide bonds. The number of hydrogen-bond donors (Lipinski definition) is 2. The van der Waals surface area contributed by atoms with E-state index in [-0.39, 0.29) is 10.8 Å². The Labute approximate surface area is 152 Å². The van der Waals surface area contributed by atoms with Gasteiger partial charge in [0.15, 0.2) is 17.3 Å². The van der Waals surface area contributed by atoms with Crippen LogP contribution in [0.4, 0.5) is 0 Å². The van der Waals surface area contributed by atoms with E-state index < -0.39 is 0 Å². The van der Waals surface area contributed by atoms with Gasteiger partial charge in [0.05, 0.1) is 18.3 Å². The predicted octanol–water partition coefficient (Wildman–Crippen LogP) is 3.84. The maximum Gasteiger partial charge on any atom is 0.216 e. The van der Waals surface area contributed by atoms with E-state index in [4.69, 9.17) is 28.6 Å². The lowest BCUT2D eigenvalue weighted by Gasteiger charge is -2.06. The molecule has 0 aliphatic carbocycles. The monoisotopic (exact) mass is 380 g/mol. The minimum atomic E-state index is -0.127. The maximum absolute atomic E-state index is 9.95. The molecule has 0 spiro atoms. The molecule has 6 nitrogen and oxygen atoms in total. The summed E-state index contributed by atoms with van der Waals surface area (Å²) >= 11 is 13.0. The van der Waals surface area contributed by atoms with Crippen molar-refractivity contribution in [3.05, 3.63) is 55.7 Å². The first-order chi connectivity index (χ1) is 11.6. The van der Waals surface area contributed by atoms with E-state index in [2.05, 4.69) is 15.3 Å². The van der Waals surface area contributed by atoms with Crippen molar-refractivity contribution >= 4 is 41.4 Å². The summed E-state index contributed by atoms with van der Waals surface area (Å²) in [6.07, 6.45) is 2.13. The average Bonchev–Trinajstić information content (AvgIpc) is 3.20. The molecule has 0 unspecified atom stereocenters. The molecule has 24 heavy (non-hydrogen) atoms. The van der Waals surface area contributed by atoms with Crippen molar-refractivity contribution in [2.75, 3.05) is 7.11 Å². The van der Waals surface area contributed by atoms with E-state index in [1.54, 1.807) is 23.5 Å². The number of ether oxygens (including phenoxy) is 1. The zero-order valence-electron chi connectivity index (χ0n) is 12.6. The Morgan fingerprint density at radius 1 is 1.50 bits per heavy atom. The Morgan fingerprint density at radius 2 is 2.33 bits per heavy atom. The zero-order valence-corrected chi connectivity index (χ0v) is 15.0. The van der Waals surface area contributed by atoms with Crippen LogP contribution < -0.4 is 4.74 Å². The Balaban J connectivity index is 1.91. The molecule has 0 radical (unpaired) electrons. The third-order valence-corrected chi connectivity index (χ3v) is 4.81. The summed E-state index contributed by atoms with van der Waals surface area (Å²) in [4.78, 5) is 1.15. The fourth-order valence-corrected chi connectivity index (χ4v) is 3.18. The highest BCUT2D eigenvalue weighted by molar-refractivity contribution is 7.71. The highest BCUT2D eigenvalue weighted by Gasteiger charge is 2.11. The second kappa shape index (κ2) is 7.16. The molecule has 0 atom stereocenters. The Hall–Kier alpha value is -2.16. The van der Waals surface area contributed by atoms with Crippen LogP contribution in [0.5, 0.6) is 11.5 Å². The van der Waals surface area contributed by atoms with Crippen molar-refractivity contribution < 1.29 is 9.84 Å². The lowest BCUT2D eigenvalue weighted by molar-refractivity contribution is 0.373. The van der Waals surface area contributed by atoms with Crippen LogP contribution in [0, 0.1) is 4.77 Å². The van der Waals surface area contributed by atoms with E-state index in [9.17, 15) is 5.11 Å². The molecule has 0 saturated heterocycles. The van der Waals surface area contributed by atoms with Crippen molar-refractivity contribution in [3.63, 3.8) is 0 Å². The topological polar surface area (TPSA) is 75.4 Å². The van der Waals surface area contributed by atoms with Crippen LogP contribution in [0.1, 0.15) is 16.3 Å². The number of thiophene rings is 1. The number of phenolic OH excluding ortho intramolecular Hbond substituents is 1. The minimum absolute atomic E-state index is 0.127. The lowest BCUT2D eigenvalue weighted by atomic mass is 10.2. The molecule has 0 aliphatic heterocycles. The number of nitrogens with zero attached hydrogens (tertiary/aromatic N) is 3. The van der Waals surface area contributed by atoms with Crippen LogP contribution >= 0.6 is 35.2 Å². The molecule has 0 bridgehead atoms. The maximum atomic E-state index is 9.95. The molecular formula is C15H13ClN4O2S2. The van der Waals surface area contributed by atoms with Gasteiger partial charge in [0.1, 0.15) is 0 Å². The van der Waals surface area contributed by atoms with Crippen molar-refractivity contribution in [3.8, 4) is 11.5 Å². The Kier molecular flexibility index (Phi) is 4.98. The van der Waals surface area contributed by atoms with Gasteiger partial charge in [0.2, 0.25) is 4.77 Å². The number of hydrogen-bond acceptors (Lipinski definition) is 6. The Morgan fingerprint density at radius 3 is 3.04 bits per heavy atom. The van der Waals surface area contributed by atoms with Gasteiger partial charge < -0.3 is 9.84 Å². The molecule has 0 fully saturated rings. The first-order valence-electron chi connectivity index (χ1n) is 6.88. The number of H-pyrrole nitrogens is 1. The van der Waals surface area contributed by atoms with Crippen molar-refractivity contribution in [1.29, 1.82) is 0 Å². The standard InChI is InChI=1S/C15H13ClN4O2S2/c1-22-11-5-4-9(13(16)14(11)21)8-17-20-12(18-19-15(20)23)7-10-3-2-6-24-10/h2-6,8,21H,7H2,1H3,(H,19,23)/b17-8-. The van der Waals surface area contributed by atoms with Gasteiger partial charge in [-0.05, 0) is 35.8 Å². The molecular weight excluding hydrogens is 368 g/mol. The fraction of sp³-hybridized carbons (Fsp3) is 0.133. The molecule has 0 aliphatic rings. The number of nitrogens with one attached hydrogen (secondary N) is 1. The summed E-state index contributed by atoms with van der Waals surface area (Å²) < 4.78 is 6.93. The van der Waals surface area contributed by atoms with Crippen molar-refractivity contribution in [2.24, 2.45) is 5.10 Å². The number of halogens is 1. The summed E-state index contributed by atoms with van der Waals surface area (Å²) in [5.41, 5.74) is 0.542. The van der Waals surface area contributed by atoms with Gasteiger partial charge in [-0.25, -0.2) is 0 Å². The van der Waals surface area contributed by atoms with E-state index in [1.165, 1.54) is 18.0 Å². The molecule has 9 heteroatoms. The molecule has 3 rings (SSSR count). The SMILES string of the molecule is COc1ccc(/C=N\n2c(Cc3cccs3)n[nH]c2=S)c(Cl)c1O. The van der Waals surface area contributed by atoms with Crippen LogP contribution in [-0.4, -0.2) is 33.3 Å². The second-order valence-electron chi connectivity index (χ2n) is 4.78. The normalized spacial score (nSPS) is 11.2. The predicted molar refractivity (Wildman–Crippen MR) is 97.2 cm³/mol. The summed E-state index contributed by atoms with van der Waals surface area (Å²) in [5.74, 6) is 0.862. The van der Waals surface area contributed by atoms with Crippen LogP contribution in [0.2, 0.25) is 5.02 Å². The van der Waals surface area contributed by atoms with Gasteiger partial charge in [0, 0.05) is 16.9 Å². The summed E-state index contributed by atoms with van der Waals surface area (Å²) in [6.45, 7) is 0. The fourth-order valence-electron chi connectivity index (χ4n) is 2.07. The van der Waals surface area contributed by atoms with E-state index in [0.717, 1.165) is 4.88 Å². The van der Waals surface area contributed by atoms with Gasteiger partial charge in [-0.3, -0.25) is 5.10 Å². The van der Waals surface area contributed by atoms with E-state index in [0.29, 0.717) is 28.3 Å². The minimum Gasteiger partial charge on any atom is -0.503 e. The number of phenols is 1. The van der Waals surface area contributed by atoms with Gasteiger partial charge >= 0.3 is 0 Å². The second-order valence-corrected chi connectivity index (χ2v) is 6.57. The molecule has 124 valence electrons. The summed E-state index contributed by atoms with van der Waals surface area (Å²) in [6, 6.07) is 7.32. The molecule has 1 aromatic carbocycles. The largest absolute Gasteiger partial charge is 0.503 e. The number of aromatic hydroxyl groups is 1. The number of aromatic nitrogens is 3. The zero-order chi connectivity index (χ0) is 17.1. The van der Waals surface area contributed by atoms with Gasteiger partial charge in [-0.15, -0.1) is 11.3 Å². The molecule has 2 heterocycles. The first kappa shape index (κ1) is 16.7. The van der Waals surface area contributed by atoms with Gasteiger partial charge in [-0.2, -0.15) is 14.9 Å². The first-order valence-corrected chi connectivity index (χ1v) is 8.55. The molecule has 2 N–H and O–H groups in total. The van der Waals surface area contributed by atoms with Gasteiger partial charge in [-0.1, -0.05) is 17.7 Å². The van der Waals surface area contributed by atoms with E-state index in [1.807, 2.05) is 17.5 Å². The van der Waals surface area contributed by atoms with Crippen molar-refractivity contribution in [2.45, 2.75) is 6.42 Å². The Bertz CT molecular complexity index is 932. The van der Waals surface area contributed by atoms with Crippen LogP contribution in [0.25, 0.3) is 0 Å². The van der Waals surface area contributed by atoms with Gasteiger partial charge in [0.25, 0.3) is 0 Å².